The van der Waals surface area contributed by atoms with Gasteiger partial charge in [0.2, 0.25) is 0 Å². The number of amides is 1. The fraction of sp³-hybridized carbons (Fsp3) is 0.111. The first-order valence-electron chi connectivity index (χ1n) is 7.19. The number of rotatable bonds is 4. The molecule has 1 heterocycles. The van der Waals surface area contributed by atoms with Gasteiger partial charge in [0.15, 0.2) is 0 Å². The van der Waals surface area contributed by atoms with Crippen molar-refractivity contribution in [3.63, 3.8) is 0 Å². The van der Waals surface area contributed by atoms with E-state index < -0.39 is 5.97 Å². The number of methoxy groups -OCH3 is 2. The Morgan fingerprint density at radius 2 is 1.83 bits per heavy atom. The zero-order chi connectivity index (χ0) is 17.1. The first kappa shape index (κ1) is 16.0. The standard InChI is InChI=1S/C18H15NO4S/c1-22-12-7-5-6-11(10-12)17(20)19-15-13-8-3-4-9-14(13)24-16(15)18(21)23-2/h3-10H,1-2H3,(H,19,20). The number of nitrogens with one attached hydrogen (secondary N) is 1. The minimum atomic E-state index is -0.475. The van der Waals surface area contributed by atoms with Crippen molar-refractivity contribution in [3.05, 3.63) is 59.0 Å². The topological polar surface area (TPSA) is 64.6 Å². The molecule has 0 spiro atoms. The fourth-order valence-corrected chi connectivity index (χ4v) is 3.43. The predicted molar refractivity (Wildman–Crippen MR) is 94.1 cm³/mol. The highest BCUT2D eigenvalue weighted by Crippen LogP contribution is 2.36. The minimum Gasteiger partial charge on any atom is -0.497 e. The van der Waals surface area contributed by atoms with Crippen molar-refractivity contribution in [2.75, 3.05) is 19.5 Å². The van der Waals surface area contributed by atoms with Crippen molar-refractivity contribution in [3.8, 4) is 5.75 Å². The van der Waals surface area contributed by atoms with E-state index >= 15 is 0 Å². The van der Waals surface area contributed by atoms with Crippen LogP contribution in [-0.4, -0.2) is 26.1 Å². The van der Waals surface area contributed by atoms with Gasteiger partial charge in [0.1, 0.15) is 10.6 Å². The van der Waals surface area contributed by atoms with Crippen molar-refractivity contribution < 1.29 is 19.1 Å². The number of benzene rings is 2. The van der Waals surface area contributed by atoms with E-state index in [1.54, 1.807) is 31.4 Å². The molecule has 0 fully saturated rings. The van der Waals surface area contributed by atoms with Crippen LogP contribution in [0.25, 0.3) is 10.1 Å². The van der Waals surface area contributed by atoms with Crippen LogP contribution in [0.15, 0.2) is 48.5 Å². The molecule has 0 bridgehead atoms. The molecule has 3 rings (SSSR count). The van der Waals surface area contributed by atoms with Gasteiger partial charge in [-0.2, -0.15) is 0 Å². The molecule has 6 heteroatoms. The van der Waals surface area contributed by atoms with Crippen molar-refractivity contribution in [2.45, 2.75) is 0 Å². The van der Waals surface area contributed by atoms with E-state index in [0.29, 0.717) is 21.9 Å². The Labute approximate surface area is 142 Å². The first-order valence-corrected chi connectivity index (χ1v) is 8.01. The lowest BCUT2D eigenvalue weighted by Crippen LogP contribution is -2.14. The van der Waals surface area contributed by atoms with E-state index in [1.165, 1.54) is 18.4 Å². The minimum absolute atomic E-state index is 0.317. The van der Waals surface area contributed by atoms with E-state index in [2.05, 4.69) is 5.32 Å². The molecule has 0 aliphatic rings. The summed E-state index contributed by atoms with van der Waals surface area (Å²) in [5.41, 5.74) is 0.913. The Balaban J connectivity index is 2.02. The first-order chi connectivity index (χ1) is 11.6. The molecule has 0 saturated carbocycles. The molecule has 0 aliphatic carbocycles. The smallest absolute Gasteiger partial charge is 0.350 e. The largest absolute Gasteiger partial charge is 0.497 e. The van der Waals surface area contributed by atoms with Crippen LogP contribution in [0.3, 0.4) is 0 Å². The van der Waals surface area contributed by atoms with Crippen molar-refractivity contribution >= 4 is 39.0 Å². The summed E-state index contributed by atoms with van der Waals surface area (Å²) >= 11 is 1.29. The third kappa shape index (κ3) is 2.96. The molecule has 0 radical (unpaired) electrons. The lowest BCUT2D eigenvalue weighted by molar-refractivity contribution is 0.0607. The average molecular weight is 341 g/mol. The highest BCUT2D eigenvalue weighted by atomic mass is 32.1. The lowest BCUT2D eigenvalue weighted by Gasteiger charge is -2.08. The summed E-state index contributed by atoms with van der Waals surface area (Å²) in [6.45, 7) is 0. The van der Waals surface area contributed by atoms with Gasteiger partial charge in [-0.1, -0.05) is 24.3 Å². The van der Waals surface area contributed by atoms with E-state index in [9.17, 15) is 9.59 Å². The van der Waals surface area contributed by atoms with Gasteiger partial charge in [-0.15, -0.1) is 11.3 Å². The molecule has 0 unspecified atom stereocenters. The Kier molecular flexibility index (Phi) is 4.48. The van der Waals surface area contributed by atoms with Crippen LogP contribution in [0, 0.1) is 0 Å². The quantitative estimate of drug-likeness (QED) is 0.730. The zero-order valence-corrected chi connectivity index (χ0v) is 14.0. The van der Waals surface area contributed by atoms with Crippen LogP contribution >= 0.6 is 11.3 Å². The summed E-state index contributed by atoms with van der Waals surface area (Å²) in [6, 6.07) is 14.3. The second-order valence-electron chi connectivity index (χ2n) is 4.98. The van der Waals surface area contributed by atoms with Crippen molar-refractivity contribution in [1.29, 1.82) is 0 Å². The number of thiophene rings is 1. The molecule has 3 aromatic rings. The van der Waals surface area contributed by atoms with E-state index in [0.717, 1.165) is 10.1 Å². The molecule has 1 amide bonds. The summed E-state index contributed by atoms with van der Waals surface area (Å²) in [5, 5.41) is 3.64. The monoisotopic (exact) mass is 341 g/mol. The molecule has 0 saturated heterocycles. The highest BCUT2D eigenvalue weighted by Gasteiger charge is 2.21. The van der Waals surface area contributed by atoms with Gasteiger partial charge in [0.05, 0.1) is 19.9 Å². The molecule has 0 aliphatic heterocycles. The zero-order valence-electron chi connectivity index (χ0n) is 13.2. The number of carbonyl (C=O) groups is 2. The third-order valence-electron chi connectivity index (χ3n) is 3.54. The third-order valence-corrected chi connectivity index (χ3v) is 4.69. The van der Waals surface area contributed by atoms with Gasteiger partial charge < -0.3 is 14.8 Å². The Morgan fingerprint density at radius 1 is 1.04 bits per heavy atom. The molecule has 0 atom stereocenters. The van der Waals surface area contributed by atoms with Crippen LogP contribution < -0.4 is 10.1 Å². The molecule has 1 N–H and O–H groups in total. The summed E-state index contributed by atoms with van der Waals surface area (Å²) in [4.78, 5) is 25.0. The molecular formula is C18H15NO4S. The number of hydrogen-bond acceptors (Lipinski definition) is 5. The summed E-state index contributed by atoms with van der Waals surface area (Å²) in [7, 11) is 2.86. The molecule has 2 aromatic carbocycles. The highest BCUT2D eigenvalue weighted by molar-refractivity contribution is 7.21. The second-order valence-corrected chi connectivity index (χ2v) is 6.03. The Morgan fingerprint density at radius 3 is 2.58 bits per heavy atom. The number of anilines is 1. The van der Waals surface area contributed by atoms with Gasteiger partial charge in [-0.25, -0.2) is 4.79 Å². The number of ether oxygens (including phenoxy) is 2. The van der Waals surface area contributed by atoms with Crippen molar-refractivity contribution in [2.24, 2.45) is 0 Å². The van der Waals surface area contributed by atoms with Gasteiger partial charge in [-0.3, -0.25) is 4.79 Å². The van der Waals surface area contributed by atoms with Crippen LogP contribution in [-0.2, 0) is 4.74 Å². The maximum atomic E-state index is 12.6. The summed E-state index contributed by atoms with van der Waals surface area (Å²) < 4.78 is 10.9. The fourth-order valence-electron chi connectivity index (χ4n) is 2.36. The summed E-state index contributed by atoms with van der Waals surface area (Å²) in [6.07, 6.45) is 0. The van der Waals surface area contributed by atoms with E-state index in [-0.39, 0.29) is 5.91 Å². The average Bonchev–Trinajstić information content (AvgIpc) is 2.99. The second kappa shape index (κ2) is 6.72. The molecule has 1 aromatic heterocycles. The van der Waals surface area contributed by atoms with Crippen LogP contribution in [0.2, 0.25) is 0 Å². The Hall–Kier alpha value is -2.86. The summed E-state index contributed by atoms with van der Waals surface area (Å²) in [5.74, 6) is -0.203. The normalized spacial score (nSPS) is 10.4. The number of fused-ring (bicyclic) bond motifs is 1. The maximum Gasteiger partial charge on any atom is 0.350 e. The van der Waals surface area contributed by atoms with Gasteiger partial charge in [0, 0.05) is 15.6 Å². The Bertz CT molecular complexity index is 916. The SMILES string of the molecule is COC(=O)c1sc2ccccc2c1NC(=O)c1cccc(OC)c1. The molecule has 5 nitrogen and oxygen atoms in total. The maximum absolute atomic E-state index is 12.6. The number of hydrogen-bond donors (Lipinski definition) is 1. The van der Waals surface area contributed by atoms with Crippen molar-refractivity contribution in [1.82, 2.24) is 0 Å². The molecule has 122 valence electrons. The van der Waals surface area contributed by atoms with E-state index in [4.69, 9.17) is 9.47 Å². The van der Waals surface area contributed by atoms with Gasteiger partial charge in [-0.05, 0) is 24.3 Å². The number of carbonyl (C=O) groups excluding carboxylic acids is 2. The number of esters is 1. The molecular weight excluding hydrogens is 326 g/mol. The van der Waals surface area contributed by atoms with Gasteiger partial charge >= 0.3 is 5.97 Å². The van der Waals surface area contributed by atoms with Crippen LogP contribution in [0.5, 0.6) is 5.75 Å². The predicted octanol–water partition coefficient (Wildman–Crippen LogP) is 3.95. The van der Waals surface area contributed by atoms with E-state index in [1.807, 2.05) is 24.3 Å². The molecule has 24 heavy (non-hydrogen) atoms. The van der Waals surface area contributed by atoms with Gasteiger partial charge in [0.25, 0.3) is 5.91 Å². The van der Waals surface area contributed by atoms with Crippen LogP contribution in [0.4, 0.5) is 5.69 Å². The van der Waals surface area contributed by atoms with Crippen LogP contribution in [0.1, 0.15) is 20.0 Å². The lowest BCUT2D eigenvalue weighted by atomic mass is 10.1.